The number of carboxylic acids is 1. The van der Waals surface area contributed by atoms with Gasteiger partial charge in [0, 0.05) is 19.5 Å². The number of sulfone groups is 1. The van der Waals surface area contributed by atoms with Crippen molar-refractivity contribution in [1.29, 1.82) is 0 Å². The minimum atomic E-state index is -3.43. The maximum Gasteiger partial charge on any atom is 0.303 e. The summed E-state index contributed by atoms with van der Waals surface area (Å²) in [7, 11) is -3.43. The molecule has 106 valence electrons. The second-order valence-electron chi connectivity index (χ2n) is 4.01. The molecule has 0 aliphatic heterocycles. The quantitative estimate of drug-likeness (QED) is 0.621. The van der Waals surface area contributed by atoms with Gasteiger partial charge in [-0.05, 0) is 26.7 Å². The van der Waals surface area contributed by atoms with Crippen LogP contribution >= 0.6 is 0 Å². The molecule has 0 fully saturated rings. The molecule has 0 bridgehead atoms. The number of aliphatic carboxylic acids is 1. The molecule has 0 aliphatic rings. The molecule has 0 atom stereocenters. The molecule has 7 heteroatoms. The van der Waals surface area contributed by atoms with Crippen molar-refractivity contribution in [2.75, 3.05) is 24.6 Å². The van der Waals surface area contributed by atoms with Crippen LogP contribution in [0.5, 0.6) is 0 Å². The monoisotopic (exact) mass is 279 g/mol. The summed E-state index contributed by atoms with van der Waals surface area (Å²) in [6, 6.07) is 0. The maximum atomic E-state index is 11.6. The number of amides is 1. The summed E-state index contributed by atoms with van der Waals surface area (Å²) in [5.74, 6) is -1.94. The first-order valence-corrected chi connectivity index (χ1v) is 7.84. The third kappa shape index (κ3) is 7.26. The van der Waals surface area contributed by atoms with Crippen molar-refractivity contribution in [3.8, 4) is 0 Å². The van der Waals surface area contributed by atoms with Crippen LogP contribution in [0.1, 0.15) is 33.1 Å². The number of hydrogen-bond acceptors (Lipinski definition) is 4. The van der Waals surface area contributed by atoms with Gasteiger partial charge in [-0.1, -0.05) is 0 Å². The molecular weight excluding hydrogens is 258 g/mol. The van der Waals surface area contributed by atoms with E-state index in [2.05, 4.69) is 0 Å². The predicted molar refractivity (Wildman–Crippen MR) is 68.1 cm³/mol. The first kappa shape index (κ1) is 16.9. The average molecular weight is 279 g/mol. The van der Waals surface area contributed by atoms with Crippen LogP contribution < -0.4 is 0 Å². The van der Waals surface area contributed by atoms with Crippen LogP contribution in [0.15, 0.2) is 0 Å². The third-order valence-corrected chi connectivity index (χ3v) is 4.15. The van der Waals surface area contributed by atoms with Gasteiger partial charge in [-0.25, -0.2) is 8.42 Å². The molecular formula is C11H21NO5S. The standard InChI is InChI=1S/C11H21NO5S/c1-3-12(4-2)10(13)9-18(16,17)8-6-5-7-11(14)15/h3-9H2,1-2H3,(H,14,15). The van der Waals surface area contributed by atoms with Gasteiger partial charge in [0.1, 0.15) is 5.75 Å². The lowest BCUT2D eigenvalue weighted by atomic mass is 10.3. The fourth-order valence-corrected chi connectivity index (χ4v) is 2.87. The molecule has 6 nitrogen and oxygen atoms in total. The molecule has 0 rings (SSSR count). The summed E-state index contributed by atoms with van der Waals surface area (Å²) in [6.45, 7) is 4.56. The van der Waals surface area contributed by atoms with Crippen molar-refractivity contribution in [1.82, 2.24) is 4.90 Å². The zero-order valence-electron chi connectivity index (χ0n) is 10.9. The average Bonchev–Trinajstić information content (AvgIpc) is 2.25. The molecule has 0 radical (unpaired) electrons. The molecule has 0 spiro atoms. The van der Waals surface area contributed by atoms with Gasteiger partial charge in [-0.3, -0.25) is 9.59 Å². The normalized spacial score (nSPS) is 11.2. The number of carboxylic acid groups (broad SMARTS) is 1. The van der Waals surface area contributed by atoms with Crippen LogP contribution in [0.4, 0.5) is 0 Å². The van der Waals surface area contributed by atoms with Gasteiger partial charge in [0.25, 0.3) is 0 Å². The van der Waals surface area contributed by atoms with Crippen molar-refractivity contribution in [2.24, 2.45) is 0 Å². The Morgan fingerprint density at radius 2 is 1.67 bits per heavy atom. The van der Waals surface area contributed by atoms with E-state index in [-0.39, 0.29) is 18.6 Å². The molecule has 18 heavy (non-hydrogen) atoms. The molecule has 0 aromatic heterocycles. The lowest BCUT2D eigenvalue weighted by molar-refractivity contribution is -0.137. The van der Waals surface area contributed by atoms with Crippen molar-refractivity contribution in [3.63, 3.8) is 0 Å². The van der Waals surface area contributed by atoms with E-state index < -0.39 is 27.5 Å². The van der Waals surface area contributed by atoms with Gasteiger partial charge in [-0.15, -0.1) is 0 Å². The zero-order chi connectivity index (χ0) is 14.2. The Kier molecular flexibility index (Phi) is 7.58. The molecule has 1 amide bonds. The van der Waals surface area contributed by atoms with E-state index in [1.54, 1.807) is 13.8 Å². The number of nitrogens with zero attached hydrogens (tertiary/aromatic N) is 1. The zero-order valence-corrected chi connectivity index (χ0v) is 11.7. The molecule has 0 aromatic rings. The molecule has 0 aromatic carbocycles. The lowest BCUT2D eigenvalue weighted by Crippen LogP contribution is -2.36. The second kappa shape index (κ2) is 8.07. The summed E-state index contributed by atoms with van der Waals surface area (Å²) in [6.07, 6.45) is 0.549. The Bertz CT molecular complexity index is 373. The van der Waals surface area contributed by atoms with Crippen LogP contribution in [-0.4, -0.2) is 54.9 Å². The number of carbonyl (C=O) groups is 2. The number of unbranched alkanes of at least 4 members (excludes halogenated alkanes) is 1. The molecule has 0 heterocycles. The van der Waals surface area contributed by atoms with E-state index in [1.807, 2.05) is 0 Å². The number of hydrogen-bond donors (Lipinski definition) is 1. The highest BCUT2D eigenvalue weighted by molar-refractivity contribution is 7.92. The van der Waals surface area contributed by atoms with Crippen LogP contribution in [-0.2, 0) is 19.4 Å². The van der Waals surface area contributed by atoms with Crippen LogP contribution in [0.3, 0.4) is 0 Å². The minimum absolute atomic E-state index is 0.0422. The van der Waals surface area contributed by atoms with Crippen molar-refractivity contribution in [3.05, 3.63) is 0 Å². The van der Waals surface area contributed by atoms with Crippen LogP contribution in [0, 0.1) is 0 Å². The van der Waals surface area contributed by atoms with Gasteiger partial charge >= 0.3 is 5.97 Å². The Hall–Kier alpha value is -1.11. The maximum absolute atomic E-state index is 11.6. The topological polar surface area (TPSA) is 91.8 Å². The van der Waals surface area contributed by atoms with Crippen LogP contribution in [0.25, 0.3) is 0 Å². The van der Waals surface area contributed by atoms with Crippen LogP contribution in [0.2, 0.25) is 0 Å². The van der Waals surface area contributed by atoms with Gasteiger partial charge in [0.15, 0.2) is 9.84 Å². The summed E-state index contributed by atoms with van der Waals surface area (Å²) in [4.78, 5) is 23.3. The van der Waals surface area contributed by atoms with E-state index in [0.717, 1.165) is 0 Å². The molecule has 0 unspecified atom stereocenters. The van der Waals surface area contributed by atoms with Crippen molar-refractivity contribution < 1.29 is 23.1 Å². The summed E-state index contributed by atoms with van der Waals surface area (Å²) < 4.78 is 23.3. The fourth-order valence-electron chi connectivity index (χ4n) is 1.53. The van der Waals surface area contributed by atoms with E-state index in [1.165, 1.54) is 4.90 Å². The van der Waals surface area contributed by atoms with E-state index in [0.29, 0.717) is 19.5 Å². The largest absolute Gasteiger partial charge is 0.481 e. The SMILES string of the molecule is CCN(CC)C(=O)CS(=O)(=O)CCCCC(=O)O. The van der Waals surface area contributed by atoms with Crippen molar-refractivity contribution >= 4 is 21.7 Å². The second-order valence-corrected chi connectivity index (χ2v) is 6.19. The van der Waals surface area contributed by atoms with Gasteiger partial charge < -0.3 is 10.0 Å². The fraction of sp³-hybridized carbons (Fsp3) is 0.818. The summed E-state index contributed by atoms with van der Waals surface area (Å²) >= 11 is 0. The third-order valence-electron chi connectivity index (χ3n) is 2.56. The van der Waals surface area contributed by atoms with Gasteiger partial charge in [-0.2, -0.15) is 0 Å². The van der Waals surface area contributed by atoms with E-state index in [4.69, 9.17) is 5.11 Å². The Morgan fingerprint density at radius 3 is 2.11 bits per heavy atom. The Balaban J connectivity index is 4.15. The summed E-state index contributed by atoms with van der Waals surface area (Å²) in [5, 5.41) is 8.41. The first-order chi connectivity index (χ1) is 8.32. The summed E-state index contributed by atoms with van der Waals surface area (Å²) in [5.41, 5.74) is 0. The highest BCUT2D eigenvalue weighted by Crippen LogP contribution is 2.03. The van der Waals surface area contributed by atoms with Crippen molar-refractivity contribution in [2.45, 2.75) is 33.1 Å². The van der Waals surface area contributed by atoms with Gasteiger partial charge in [0.05, 0.1) is 5.75 Å². The number of rotatable bonds is 9. The molecule has 0 saturated heterocycles. The predicted octanol–water partition coefficient (Wildman–Crippen LogP) is 0.524. The van der Waals surface area contributed by atoms with Gasteiger partial charge in [0.2, 0.25) is 5.91 Å². The molecule has 0 aliphatic carbocycles. The smallest absolute Gasteiger partial charge is 0.303 e. The highest BCUT2D eigenvalue weighted by Gasteiger charge is 2.19. The highest BCUT2D eigenvalue weighted by atomic mass is 32.2. The molecule has 1 N–H and O–H groups in total. The first-order valence-electron chi connectivity index (χ1n) is 6.02. The van der Waals surface area contributed by atoms with E-state index in [9.17, 15) is 18.0 Å². The number of carbonyl (C=O) groups excluding carboxylic acids is 1. The minimum Gasteiger partial charge on any atom is -0.481 e. The van der Waals surface area contributed by atoms with E-state index >= 15 is 0 Å². The Morgan fingerprint density at radius 1 is 1.11 bits per heavy atom. The lowest BCUT2D eigenvalue weighted by Gasteiger charge is -2.18. The molecule has 0 saturated carbocycles. The Labute approximate surface area is 108 Å².